The number of sulfonamides is 1. The number of nitrogens with zero attached hydrogens (tertiary/aromatic N) is 7. The fourth-order valence-corrected chi connectivity index (χ4v) is 6.86. The van der Waals surface area contributed by atoms with Crippen LogP contribution in [0.4, 0.5) is 14.5 Å². The predicted molar refractivity (Wildman–Crippen MR) is 133 cm³/mol. The second-order valence-corrected chi connectivity index (χ2v) is 12.7. The largest absolute Gasteiger partial charge is 0.366 e. The molecular formula is C23H24F2N8O3S2. The Hall–Kier alpha value is -3.22. The van der Waals surface area contributed by atoms with E-state index in [1.54, 1.807) is 6.20 Å². The van der Waals surface area contributed by atoms with Gasteiger partial charge in [-0.2, -0.15) is 9.98 Å². The molecule has 15 heteroatoms. The Bertz CT molecular complexity index is 1570. The van der Waals surface area contributed by atoms with E-state index in [1.165, 1.54) is 16.7 Å². The van der Waals surface area contributed by atoms with Crippen molar-refractivity contribution in [1.29, 1.82) is 5.26 Å². The lowest BCUT2D eigenvalue weighted by atomic mass is 10.1. The molecule has 200 valence electrons. The molecule has 0 bridgehead atoms. The number of hydrogen-bond acceptors (Lipinski definition) is 9. The van der Waals surface area contributed by atoms with E-state index in [4.69, 9.17) is 0 Å². The molecule has 1 N–H and O–H groups in total. The number of halogens is 2. The number of anilines is 1. The Balaban J connectivity index is 1.42. The second kappa shape index (κ2) is 8.92. The molecule has 1 aliphatic heterocycles. The highest BCUT2D eigenvalue weighted by Gasteiger charge is 2.47. The van der Waals surface area contributed by atoms with Crippen molar-refractivity contribution in [3.05, 3.63) is 23.5 Å². The summed E-state index contributed by atoms with van der Waals surface area (Å²) in [5, 5.41) is 16.5. The molecule has 4 heterocycles. The van der Waals surface area contributed by atoms with Gasteiger partial charge in [0.05, 0.1) is 23.5 Å². The van der Waals surface area contributed by atoms with E-state index in [0.29, 0.717) is 55.0 Å². The van der Waals surface area contributed by atoms with Crippen molar-refractivity contribution in [3.8, 4) is 16.9 Å². The number of amides is 1. The first-order valence-corrected chi connectivity index (χ1v) is 14.5. The van der Waals surface area contributed by atoms with Crippen LogP contribution >= 0.6 is 11.3 Å². The number of imidazole rings is 1. The number of nitriles is 1. The van der Waals surface area contributed by atoms with Crippen LogP contribution in [0.5, 0.6) is 0 Å². The normalized spacial score (nSPS) is 21.2. The zero-order valence-electron chi connectivity index (χ0n) is 20.3. The van der Waals surface area contributed by atoms with Gasteiger partial charge in [0, 0.05) is 37.8 Å². The number of pyridine rings is 1. The van der Waals surface area contributed by atoms with Crippen molar-refractivity contribution < 1.29 is 22.0 Å². The van der Waals surface area contributed by atoms with Crippen LogP contribution in [0.3, 0.4) is 0 Å². The predicted octanol–water partition coefficient (Wildman–Crippen LogP) is 2.57. The Labute approximate surface area is 221 Å². The molecule has 3 aromatic heterocycles. The summed E-state index contributed by atoms with van der Waals surface area (Å²) in [4.78, 5) is 20.9. The van der Waals surface area contributed by atoms with Crippen LogP contribution in [0, 0.1) is 17.2 Å². The van der Waals surface area contributed by atoms with Gasteiger partial charge in [-0.25, -0.2) is 22.2 Å². The molecule has 11 nitrogen and oxygen atoms in total. The van der Waals surface area contributed by atoms with Gasteiger partial charge in [0.2, 0.25) is 15.9 Å². The van der Waals surface area contributed by atoms with Gasteiger partial charge < -0.3 is 9.80 Å². The molecule has 2 saturated carbocycles. The van der Waals surface area contributed by atoms with Crippen LogP contribution in [0.1, 0.15) is 44.0 Å². The Kier molecular flexibility index (Phi) is 5.89. The molecule has 3 aliphatic rings. The van der Waals surface area contributed by atoms with Gasteiger partial charge in [-0.15, -0.1) is 10.2 Å². The topological polar surface area (TPSA) is 137 Å². The summed E-state index contributed by atoms with van der Waals surface area (Å²) in [7, 11) is -4.11. The van der Waals surface area contributed by atoms with E-state index in [-0.39, 0.29) is 33.6 Å². The lowest BCUT2D eigenvalue weighted by Crippen LogP contribution is -2.54. The maximum absolute atomic E-state index is 13.4. The molecule has 6 rings (SSSR count). The molecule has 38 heavy (non-hydrogen) atoms. The van der Waals surface area contributed by atoms with Crippen molar-refractivity contribution in [1.82, 2.24) is 29.2 Å². The number of carbonyl (C=O) groups is 1. The van der Waals surface area contributed by atoms with Gasteiger partial charge >= 0.3 is 0 Å². The number of rotatable bonds is 7. The fourth-order valence-electron chi connectivity index (χ4n) is 4.77. The number of carbonyl (C=O) groups excluding carboxylic acids is 1. The number of alkyl halides is 2. The summed E-state index contributed by atoms with van der Waals surface area (Å²) in [5.41, 5.74) is 0.00110. The van der Waals surface area contributed by atoms with Gasteiger partial charge in [-0.05, 0) is 38.7 Å². The monoisotopic (exact) mass is 562 g/mol. The van der Waals surface area contributed by atoms with Gasteiger partial charge in [0.15, 0.2) is 15.8 Å². The Morgan fingerprint density at radius 1 is 1.29 bits per heavy atom. The first-order chi connectivity index (χ1) is 18.1. The number of fused-ring (bicyclic) bond motifs is 1. The first-order valence-electron chi connectivity index (χ1n) is 12.2. The van der Waals surface area contributed by atoms with E-state index >= 15 is 0 Å². The lowest BCUT2D eigenvalue weighted by Gasteiger charge is -2.41. The third-order valence-corrected chi connectivity index (χ3v) is 9.62. The van der Waals surface area contributed by atoms with Crippen LogP contribution in [-0.2, 0) is 14.8 Å². The minimum absolute atomic E-state index is 0.0940. The quantitative estimate of drug-likeness (QED) is 0.464. The van der Waals surface area contributed by atoms with E-state index < -0.39 is 27.0 Å². The molecule has 2 aliphatic carbocycles. The minimum atomic E-state index is -4.11. The van der Waals surface area contributed by atoms with E-state index in [2.05, 4.69) is 19.9 Å². The number of nitrogens with one attached hydrogen (secondary N) is 1. The van der Waals surface area contributed by atoms with Crippen molar-refractivity contribution >= 4 is 38.5 Å². The molecule has 1 atom stereocenters. The van der Waals surface area contributed by atoms with Gasteiger partial charge in [-0.1, -0.05) is 11.3 Å². The molecule has 1 saturated heterocycles. The summed E-state index contributed by atoms with van der Waals surface area (Å²) >= 11 is 0.683. The van der Waals surface area contributed by atoms with Crippen LogP contribution < -0.4 is 9.62 Å². The molecule has 0 aromatic carbocycles. The molecular weight excluding hydrogens is 538 g/mol. The van der Waals surface area contributed by atoms with E-state index in [9.17, 15) is 27.3 Å². The van der Waals surface area contributed by atoms with Gasteiger partial charge in [-0.3, -0.25) is 9.20 Å². The van der Waals surface area contributed by atoms with Crippen LogP contribution in [0.2, 0.25) is 0 Å². The molecule has 1 amide bonds. The SMILES string of the molecule is C[C@@H]1CN(c2cc(S(=O)(=O)NC3(C#N)CC3)cn3c(-c4nnc(C(F)F)s4)ncc23)CCN1C(=O)C1CC1. The Morgan fingerprint density at radius 2 is 2.05 bits per heavy atom. The first kappa shape index (κ1) is 25.1. The fraction of sp³-hybridized carbons (Fsp3) is 0.522. The number of aromatic nitrogens is 4. The van der Waals surface area contributed by atoms with Crippen LogP contribution in [0.15, 0.2) is 23.4 Å². The van der Waals surface area contributed by atoms with Crippen molar-refractivity contribution in [3.63, 3.8) is 0 Å². The zero-order chi connectivity index (χ0) is 26.8. The van der Waals surface area contributed by atoms with E-state index in [1.807, 2.05) is 22.8 Å². The maximum Gasteiger partial charge on any atom is 0.291 e. The average Bonchev–Trinajstić information content (AvgIpc) is 3.78. The van der Waals surface area contributed by atoms with Gasteiger partial charge in [0.1, 0.15) is 10.4 Å². The summed E-state index contributed by atoms with van der Waals surface area (Å²) in [6, 6.07) is 3.47. The van der Waals surface area contributed by atoms with Crippen LogP contribution in [-0.4, -0.2) is 70.0 Å². The second-order valence-electron chi connectivity index (χ2n) is 10.0. The zero-order valence-corrected chi connectivity index (χ0v) is 22.0. The van der Waals surface area contributed by atoms with Crippen LogP contribution in [0.25, 0.3) is 16.3 Å². The molecule has 0 radical (unpaired) electrons. The highest BCUT2D eigenvalue weighted by molar-refractivity contribution is 7.89. The molecule has 3 fully saturated rings. The summed E-state index contributed by atoms with van der Waals surface area (Å²) in [6.45, 7) is 3.41. The summed E-state index contributed by atoms with van der Waals surface area (Å²) in [5.74, 6) is 0.444. The molecule has 0 unspecified atom stereocenters. The number of hydrogen-bond donors (Lipinski definition) is 1. The summed E-state index contributed by atoms with van der Waals surface area (Å²) in [6.07, 6.45) is 2.79. The highest BCUT2D eigenvalue weighted by atomic mass is 32.2. The third-order valence-electron chi connectivity index (χ3n) is 7.20. The smallest absolute Gasteiger partial charge is 0.291 e. The molecule has 0 spiro atoms. The maximum atomic E-state index is 13.4. The summed E-state index contributed by atoms with van der Waals surface area (Å²) < 4.78 is 57.1. The Morgan fingerprint density at radius 3 is 2.66 bits per heavy atom. The van der Waals surface area contributed by atoms with Crippen molar-refractivity contribution in [2.45, 2.75) is 55.5 Å². The average molecular weight is 563 g/mol. The molecule has 3 aromatic rings. The van der Waals surface area contributed by atoms with Crippen molar-refractivity contribution in [2.24, 2.45) is 5.92 Å². The van der Waals surface area contributed by atoms with Gasteiger partial charge in [0.25, 0.3) is 6.43 Å². The third kappa shape index (κ3) is 4.40. The lowest BCUT2D eigenvalue weighted by molar-refractivity contribution is -0.134. The van der Waals surface area contributed by atoms with Crippen molar-refractivity contribution in [2.75, 3.05) is 24.5 Å². The highest BCUT2D eigenvalue weighted by Crippen LogP contribution is 2.38. The number of piperazine rings is 1. The minimum Gasteiger partial charge on any atom is -0.366 e. The van der Waals surface area contributed by atoms with E-state index in [0.717, 1.165) is 12.8 Å². The standard InChI is InChI=1S/C23H24F2N8O3S2/c1-13-10-31(6-7-32(13)22(34)14-2-3-14)16-8-15(38(35,36)30-23(12-26)4-5-23)11-33-17(16)9-27-19(33)21-29-28-20(37-21)18(24)25/h8-9,11,13-14,18,30H,2-7,10H2,1H3/t13-/m1/s1.